The molecule has 1 fully saturated rings. The van der Waals surface area contributed by atoms with E-state index in [1.54, 1.807) is 26.0 Å². The fourth-order valence-electron chi connectivity index (χ4n) is 3.53. The summed E-state index contributed by atoms with van der Waals surface area (Å²) in [6.45, 7) is 5.09. The van der Waals surface area contributed by atoms with Crippen molar-refractivity contribution < 1.29 is 14.2 Å². The maximum absolute atomic E-state index is 14.7. The third-order valence-corrected chi connectivity index (χ3v) is 4.99. The van der Waals surface area contributed by atoms with E-state index in [0.717, 1.165) is 25.9 Å². The summed E-state index contributed by atoms with van der Waals surface area (Å²) in [7, 11) is 1.50. The monoisotopic (exact) mass is 400 g/mol. The zero-order valence-corrected chi connectivity index (χ0v) is 16.7. The van der Waals surface area contributed by atoms with Gasteiger partial charge in [-0.1, -0.05) is 0 Å². The molecule has 4 heterocycles. The summed E-state index contributed by atoms with van der Waals surface area (Å²) in [6, 6.07) is 4.94. The molecule has 0 aliphatic carbocycles. The summed E-state index contributed by atoms with van der Waals surface area (Å²) < 4.78 is 21.5. The predicted molar refractivity (Wildman–Crippen MR) is 107 cm³/mol. The minimum Gasteiger partial charge on any atom is -0.495 e. The standard InChI is InChI=1S/C20H25FN6O2/c1-20(2,28)19-15(29-3)9-17-23-11-14(27(17)26-19)18-13(21)6-7-16(25-18)24-12-5-4-8-22-10-12/h6-7,9,11-12,22,28H,4-5,8,10H2,1-3H3,(H,24,25). The van der Waals surface area contributed by atoms with Crippen molar-refractivity contribution in [1.82, 2.24) is 24.9 Å². The van der Waals surface area contributed by atoms with Gasteiger partial charge in [0.15, 0.2) is 11.5 Å². The SMILES string of the molecule is COc1cc2ncc(-c3nc(NC4CCCNC4)ccc3F)n2nc1C(C)(C)O. The predicted octanol–water partition coefficient (Wildman–Crippen LogP) is 2.33. The van der Waals surface area contributed by atoms with E-state index in [-0.39, 0.29) is 11.7 Å². The highest BCUT2D eigenvalue weighted by molar-refractivity contribution is 5.63. The largest absolute Gasteiger partial charge is 0.495 e. The van der Waals surface area contributed by atoms with Gasteiger partial charge in [0, 0.05) is 18.7 Å². The fourth-order valence-corrected chi connectivity index (χ4v) is 3.53. The van der Waals surface area contributed by atoms with Gasteiger partial charge in [0.25, 0.3) is 0 Å². The van der Waals surface area contributed by atoms with Crippen LogP contribution in [0.25, 0.3) is 17.0 Å². The first-order valence-corrected chi connectivity index (χ1v) is 9.66. The average molecular weight is 400 g/mol. The minimum atomic E-state index is -1.25. The number of halogens is 1. The Bertz CT molecular complexity index is 1020. The minimum absolute atomic E-state index is 0.144. The van der Waals surface area contributed by atoms with Gasteiger partial charge >= 0.3 is 0 Å². The molecule has 4 rings (SSSR count). The number of fused-ring (bicyclic) bond motifs is 1. The molecule has 0 saturated carbocycles. The highest BCUT2D eigenvalue weighted by Crippen LogP contribution is 2.31. The number of piperidine rings is 1. The highest BCUT2D eigenvalue weighted by atomic mass is 19.1. The lowest BCUT2D eigenvalue weighted by Crippen LogP contribution is -2.38. The number of aromatic nitrogens is 4. The Kier molecular flexibility index (Phi) is 5.10. The van der Waals surface area contributed by atoms with Gasteiger partial charge in [-0.25, -0.2) is 18.9 Å². The quantitative estimate of drug-likeness (QED) is 0.605. The normalized spacial score (nSPS) is 17.5. The van der Waals surface area contributed by atoms with Crippen molar-refractivity contribution in [3.63, 3.8) is 0 Å². The van der Waals surface area contributed by atoms with Gasteiger partial charge in [-0.05, 0) is 45.4 Å². The Morgan fingerprint density at radius 1 is 1.38 bits per heavy atom. The van der Waals surface area contributed by atoms with Crippen LogP contribution >= 0.6 is 0 Å². The second-order valence-electron chi connectivity index (χ2n) is 7.75. The molecular formula is C20H25FN6O2. The van der Waals surface area contributed by atoms with Gasteiger partial charge in [-0.3, -0.25) is 0 Å². The maximum Gasteiger partial charge on any atom is 0.157 e. The second kappa shape index (κ2) is 7.57. The Morgan fingerprint density at radius 2 is 2.21 bits per heavy atom. The van der Waals surface area contributed by atoms with E-state index in [1.807, 2.05) is 0 Å². The number of imidazole rings is 1. The Balaban J connectivity index is 1.76. The first kappa shape index (κ1) is 19.5. The van der Waals surface area contributed by atoms with Gasteiger partial charge in [0.05, 0.1) is 13.3 Å². The van der Waals surface area contributed by atoms with Crippen LogP contribution in [-0.4, -0.2) is 50.9 Å². The second-order valence-corrected chi connectivity index (χ2v) is 7.75. The zero-order chi connectivity index (χ0) is 20.6. The van der Waals surface area contributed by atoms with Crippen molar-refractivity contribution in [1.29, 1.82) is 0 Å². The number of aliphatic hydroxyl groups is 1. The van der Waals surface area contributed by atoms with E-state index in [1.165, 1.54) is 23.9 Å². The number of hydrogen-bond acceptors (Lipinski definition) is 7. The van der Waals surface area contributed by atoms with Gasteiger partial charge in [0.1, 0.15) is 34.3 Å². The van der Waals surface area contributed by atoms with Crippen LogP contribution in [0.1, 0.15) is 32.4 Å². The first-order chi connectivity index (χ1) is 13.9. The van der Waals surface area contributed by atoms with E-state index in [2.05, 4.69) is 25.7 Å². The molecule has 0 radical (unpaired) electrons. The van der Waals surface area contributed by atoms with Crippen LogP contribution in [-0.2, 0) is 5.60 Å². The zero-order valence-electron chi connectivity index (χ0n) is 16.7. The molecule has 3 aromatic rings. The van der Waals surface area contributed by atoms with Crippen LogP contribution in [0, 0.1) is 5.82 Å². The number of rotatable bonds is 5. The van der Waals surface area contributed by atoms with E-state index in [4.69, 9.17) is 4.74 Å². The van der Waals surface area contributed by atoms with Crippen LogP contribution in [0.3, 0.4) is 0 Å². The number of hydrogen-bond donors (Lipinski definition) is 3. The summed E-state index contributed by atoms with van der Waals surface area (Å²) in [5, 5.41) is 21.6. The van der Waals surface area contributed by atoms with Crippen molar-refractivity contribution in [2.24, 2.45) is 0 Å². The molecule has 1 unspecified atom stereocenters. The molecule has 9 heteroatoms. The van der Waals surface area contributed by atoms with Crippen LogP contribution < -0.4 is 15.4 Å². The molecule has 1 aliphatic heterocycles. The van der Waals surface area contributed by atoms with E-state index in [9.17, 15) is 9.50 Å². The van der Waals surface area contributed by atoms with Crippen molar-refractivity contribution in [2.45, 2.75) is 38.3 Å². The molecule has 8 nitrogen and oxygen atoms in total. The van der Waals surface area contributed by atoms with Crippen molar-refractivity contribution in [2.75, 3.05) is 25.5 Å². The van der Waals surface area contributed by atoms with Gasteiger partial charge in [0.2, 0.25) is 0 Å². The number of pyridine rings is 1. The molecule has 3 aromatic heterocycles. The Labute approximate surface area is 168 Å². The van der Waals surface area contributed by atoms with Crippen molar-refractivity contribution >= 4 is 11.5 Å². The Hall–Kier alpha value is -2.78. The van der Waals surface area contributed by atoms with E-state index in [0.29, 0.717) is 28.6 Å². The van der Waals surface area contributed by atoms with Crippen LogP contribution in [0.5, 0.6) is 5.75 Å². The van der Waals surface area contributed by atoms with Crippen molar-refractivity contribution in [3.05, 3.63) is 35.9 Å². The van der Waals surface area contributed by atoms with Crippen LogP contribution in [0.2, 0.25) is 0 Å². The topological polar surface area (TPSA) is 96.6 Å². The highest BCUT2D eigenvalue weighted by Gasteiger charge is 2.26. The molecule has 1 aliphatic rings. The molecule has 154 valence electrons. The summed E-state index contributed by atoms with van der Waals surface area (Å²) in [5.41, 5.74) is 0.0991. The number of anilines is 1. The van der Waals surface area contributed by atoms with Gasteiger partial charge < -0.3 is 20.5 Å². The first-order valence-electron chi connectivity index (χ1n) is 9.66. The molecule has 0 bridgehead atoms. The van der Waals surface area contributed by atoms with Crippen molar-refractivity contribution in [3.8, 4) is 17.1 Å². The summed E-state index contributed by atoms with van der Waals surface area (Å²) in [6.07, 6.45) is 3.64. The lowest BCUT2D eigenvalue weighted by Gasteiger charge is -2.24. The third kappa shape index (κ3) is 3.88. The third-order valence-electron chi connectivity index (χ3n) is 4.99. The molecule has 1 saturated heterocycles. The number of nitrogens with one attached hydrogen (secondary N) is 2. The fraction of sp³-hybridized carbons (Fsp3) is 0.450. The maximum atomic E-state index is 14.7. The number of methoxy groups -OCH3 is 1. The average Bonchev–Trinajstić information content (AvgIpc) is 3.11. The van der Waals surface area contributed by atoms with Crippen LogP contribution in [0.4, 0.5) is 10.2 Å². The summed E-state index contributed by atoms with van der Waals surface area (Å²) in [4.78, 5) is 8.80. The summed E-state index contributed by atoms with van der Waals surface area (Å²) >= 11 is 0. The smallest absolute Gasteiger partial charge is 0.157 e. The van der Waals surface area contributed by atoms with E-state index < -0.39 is 11.4 Å². The summed E-state index contributed by atoms with van der Waals surface area (Å²) in [5.74, 6) is 0.540. The number of nitrogens with zero attached hydrogens (tertiary/aromatic N) is 4. The molecule has 0 amide bonds. The van der Waals surface area contributed by atoms with E-state index >= 15 is 0 Å². The molecule has 0 spiro atoms. The molecule has 1 atom stereocenters. The number of ether oxygens (including phenoxy) is 1. The molecule has 3 N–H and O–H groups in total. The Morgan fingerprint density at radius 3 is 2.90 bits per heavy atom. The molecule has 0 aromatic carbocycles. The molecular weight excluding hydrogens is 375 g/mol. The van der Waals surface area contributed by atoms with Crippen LogP contribution in [0.15, 0.2) is 24.4 Å². The lowest BCUT2D eigenvalue weighted by molar-refractivity contribution is 0.0694. The molecule has 29 heavy (non-hydrogen) atoms. The van der Waals surface area contributed by atoms with Gasteiger partial charge in [-0.15, -0.1) is 0 Å². The van der Waals surface area contributed by atoms with Gasteiger partial charge in [-0.2, -0.15) is 5.10 Å². The lowest BCUT2D eigenvalue weighted by atomic mass is 10.0.